The number of fused-ring (bicyclic) bond motifs is 1. The van der Waals surface area contributed by atoms with Gasteiger partial charge in [0.25, 0.3) is 5.91 Å². The van der Waals surface area contributed by atoms with E-state index in [-0.39, 0.29) is 5.56 Å². The lowest BCUT2D eigenvalue weighted by Gasteiger charge is -2.27. The number of hydrogen-bond acceptors (Lipinski definition) is 5. The smallest absolute Gasteiger partial charge is 0.410 e. The molecule has 0 fully saturated rings. The molecule has 0 spiro atoms. The highest BCUT2D eigenvalue weighted by Crippen LogP contribution is 2.21. The molecular weight excluding hydrogens is 346 g/mol. The molecule has 1 aliphatic rings. The van der Waals surface area contributed by atoms with Crippen LogP contribution in [0.5, 0.6) is 5.75 Å². The molecule has 0 bridgehead atoms. The van der Waals surface area contributed by atoms with Crippen LogP contribution in [-0.2, 0) is 19.4 Å². The molecule has 2 amide bonds. The number of ether oxygens (including phenoxy) is 1. The highest BCUT2D eigenvalue weighted by Gasteiger charge is 2.24. The summed E-state index contributed by atoms with van der Waals surface area (Å²) in [5, 5.41) is 8.72. The van der Waals surface area contributed by atoms with Gasteiger partial charge in [-0.15, -0.1) is 0 Å². The number of carbonyl (C=O) groups excluding carboxylic acids is 2. The SMILES string of the molecule is CCCCc1cccc(OC(=O)N2CCc3cc(C(=O)NO)cnc3C2)c1. The number of pyridine rings is 1. The highest BCUT2D eigenvalue weighted by molar-refractivity contribution is 5.93. The Morgan fingerprint density at radius 2 is 2.19 bits per heavy atom. The molecule has 0 saturated carbocycles. The third kappa shape index (κ3) is 4.62. The summed E-state index contributed by atoms with van der Waals surface area (Å²) in [6.45, 7) is 2.95. The Morgan fingerprint density at radius 3 is 2.96 bits per heavy atom. The first-order valence-electron chi connectivity index (χ1n) is 9.08. The summed E-state index contributed by atoms with van der Waals surface area (Å²) in [5.74, 6) is -0.0579. The Bertz CT molecular complexity index is 838. The van der Waals surface area contributed by atoms with Gasteiger partial charge in [0.05, 0.1) is 17.8 Å². The van der Waals surface area contributed by atoms with Crippen LogP contribution < -0.4 is 10.2 Å². The Morgan fingerprint density at radius 1 is 1.33 bits per heavy atom. The minimum Gasteiger partial charge on any atom is -0.410 e. The van der Waals surface area contributed by atoms with Crippen molar-refractivity contribution in [2.75, 3.05) is 6.54 Å². The Balaban J connectivity index is 1.65. The maximum absolute atomic E-state index is 12.5. The van der Waals surface area contributed by atoms with Crippen molar-refractivity contribution in [3.63, 3.8) is 0 Å². The molecule has 0 atom stereocenters. The molecule has 142 valence electrons. The average Bonchev–Trinajstić information content (AvgIpc) is 2.71. The Kier molecular flexibility index (Phi) is 6.03. The van der Waals surface area contributed by atoms with Crippen LogP contribution in [0.2, 0.25) is 0 Å². The van der Waals surface area contributed by atoms with Crippen LogP contribution in [0.25, 0.3) is 0 Å². The van der Waals surface area contributed by atoms with E-state index in [0.29, 0.717) is 25.3 Å². The maximum atomic E-state index is 12.5. The second-order valence-corrected chi connectivity index (χ2v) is 6.56. The topological polar surface area (TPSA) is 91.8 Å². The lowest BCUT2D eigenvalue weighted by molar-refractivity contribution is 0.0705. The van der Waals surface area contributed by atoms with E-state index in [1.807, 2.05) is 18.2 Å². The van der Waals surface area contributed by atoms with Gasteiger partial charge in [-0.2, -0.15) is 0 Å². The zero-order valence-corrected chi connectivity index (χ0v) is 15.3. The summed E-state index contributed by atoms with van der Waals surface area (Å²) < 4.78 is 5.53. The number of rotatable bonds is 5. The predicted octanol–water partition coefficient (Wildman–Crippen LogP) is 3.10. The van der Waals surface area contributed by atoms with Gasteiger partial charge in [-0.25, -0.2) is 10.3 Å². The number of nitrogens with one attached hydrogen (secondary N) is 1. The van der Waals surface area contributed by atoms with Gasteiger partial charge in [0, 0.05) is 12.7 Å². The molecule has 7 nitrogen and oxygen atoms in total. The van der Waals surface area contributed by atoms with Crippen LogP contribution in [0.15, 0.2) is 36.5 Å². The molecule has 0 aliphatic carbocycles. The fraction of sp³-hybridized carbons (Fsp3) is 0.350. The standard InChI is InChI=1S/C20H23N3O4/c1-2-3-5-14-6-4-7-17(10-14)27-20(25)23-9-8-15-11-16(19(24)22-26)12-21-18(15)13-23/h4,6-7,10-12,26H,2-3,5,8-9,13H2,1H3,(H,22,24). The fourth-order valence-electron chi connectivity index (χ4n) is 3.07. The van der Waals surface area contributed by atoms with E-state index < -0.39 is 12.0 Å². The molecule has 0 saturated heterocycles. The van der Waals surface area contributed by atoms with Crippen molar-refractivity contribution in [1.29, 1.82) is 0 Å². The molecule has 27 heavy (non-hydrogen) atoms. The van der Waals surface area contributed by atoms with Crippen molar-refractivity contribution in [1.82, 2.24) is 15.4 Å². The summed E-state index contributed by atoms with van der Waals surface area (Å²) in [5.41, 5.74) is 4.66. The number of hydroxylamine groups is 1. The van der Waals surface area contributed by atoms with Gasteiger partial charge < -0.3 is 9.64 Å². The minimum atomic E-state index is -0.602. The van der Waals surface area contributed by atoms with Crippen LogP contribution >= 0.6 is 0 Å². The normalized spacial score (nSPS) is 13.0. The second-order valence-electron chi connectivity index (χ2n) is 6.56. The van der Waals surface area contributed by atoms with Crippen molar-refractivity contribution in [3.05, 3.63) is 58.9 Å². The number of amides is 2. The molecule has 7 heteroatoms. The lowest BCUT2D eigenvalue weighted by Crippen LogP contribution is -2.38. The highest BCUT2D eigenvalue weighted by atomic mass is 16.6. The number of nitrogens with zero attached hydrogens (tertiary/aromatic N) is 2. The van der Waals surface area contributed by atoms with E-state index in [2.05, 4.69) is 11.9 Å². The van der Waals surface area contributed by atoms with E-state index in [0.717, 1.165) is 36.1 Å². The number of aromatic nitrogens is 1. The second kappa shape index (κ2) is 8.64. The molecule has 2 heterocycles. The first kappa shape index (κ1) is 18.8. The number of unbranched alkanes of at least 4 members (excludes halogenated alkanes) is 1. The van der Waals surface area contributed by atoms with Crippen molar-refractivity contribution in [2.24, 2.45) is 0 Å². The third-order valence-corrected chi connectivity index (χ3v) is 4.60. The lowest BCUT2D eigenvalue weighted by atomic mass is 10.0. The predicted molar refractivity (Wildman–Crippen MR) is 98.7 cm³/mol. The molecule has 3 rings (SSSR count). The van der Waals surface area contributed by atoms with Gasteiger partial charge in [0.2, 0.25) is 0 Å². The summed E-state index contributed by atoms with van der Waals surface area (Å²) in [6, 6.07) is 9.31. The van der Waals surface area contributed by atoms with Gasteiger partial charge in [-0.1, -0.05) is 25.5 Å². The third-order valence-electron chi connectivity index (χ3n) is 4.60. The molecule has 0 radical (unpaired) electrons. The molecule has 1 aromatic carbocycles. The van der Waals surface area contributed by atoms with Crippen molar-refractivity contribution >= 4 is 12.0 Å². The fourth-order valence-corrected chi connectivity index (χ4v) is 3.07. The summed E-state index contributed by atoms with van der Waals surface area (Å²) in [4.78, 5) is 29.8. The number of benzene rings is 1. The van der Waals surface area contributed by atoms with E-state index >= 15 is 0 Å². The van der Waals surface area contributed by atoms with Crippen molar-refractivity contribution in [3.8, 4) is 5.75 Å². The molecule has 0 unspecified atom stereocenters. The quantitative estimate of drug-likeness (QED) is 0.624. The van der Waals surface area contributed by atoms with E-state index in [1.165, 1.54) is 6.20 Å². The Labute approximate surface area is 157 Å². The van der Waals surface area contributed by atoms with Crippen LogP contribution in [0.1, 0.15) is 46.9 Å². The van der Waals surface area contributed by atoms with Crippen molar-refractivity contribution < 1.29 is 19.5 Å². The zero-order valence-electron chi connectivity index (χ0n) is 15.3. The van der Waals surface area contributed by atoms with Gasteiger partial charge in [0.15, 0.2) is 0 Å². The van der Waals surface area contributed by atoms with Gasteiger partial charge in [-0.3, -0.25) is 15.0 Å². The number of aryl methyl sites for hydroxylation is 1. The molecule has 2 aromatic rings. The van der Waals surface area contributed by atoms with Crippen molar-refractivity contribution in [2.45, 2.75) is 39.2 Å². The van der Waals surface area contributed by atoms with Crippen LogP contribution in [0.3, 0.4) is 0 Å². The monoisotopic (exact) mass is 369 g/mol. The molecule has 1 aromatic heterocycles. The Hall–Kier alpha value is -2.93. The molecule has 1 aliphatic heterocycles. The first-order chi connectivity index (χ1) is 13.1. The van der Waals surface area contributed by atoms with Gasteiger partial charge in [-0.05, 0) is 48.6 Å². The zero-order chi connectivity index (χ0) is 19.2. The van der Waals surface area contributed by atoms with Gasteiger partial charge >= 0.3 is 6.09 Å². The van der Waals surface area contributed by atoms with E-state index in [9.17, 15) is 9.59 Å². The summed E-state index contributed by atoms with van der Waals surface area (Å²) in [6.07, 6.45) is 4.73. The number of hydrogen-bond donors (Lipinski definition) is 2. The molecule has 2 N–H and O–H groups in total. The van der Waals surface area contributed by atoms with Crippen LogP contribution in [-0.4, -0.2) is 33.6 Å². The van der Waals surface area contributed by atoms with Gasteiger partial charge in [0.1, 0.15) is 5.75 Å². The van der Waals surface area contributed by atoms with E-state index in [1.54, 1.807) is 22.5 Å². The first-order valence-corrected chi connectivity index (χ1v) is 9.08. The van der Waals surface area contributed by atoms with Crippen LogP contribution in [0.4, 0.5) is 4.79 Å². The van der Waals surface area contributed by atoms with Crippen LogP contribution in [0, 0.1) is 0 Å². The molecular formula is C20H23N3O4. The average molecular weight is 369 g/mol. The van der Waals surface area contributed by atoms with E-state index in [4.69, 9.17) is 9.94 Å². The minimum absolute atomic E-state index is 0.288. The summed E-state index contributed by atoms with van der Waals surface area (Å²) in [7, 11) is 0. The largest absolute Gasteiger partial charge is 0.415 e. The number of carbonyl (C=O) groups is 2. The maximum Gasteiger partial charge on any atom is 0.415 e. The summed E-state index contributed by atoms with van der Waals surface area (Å²) >= 11 is 0.